The van der Waals surface area contributed by atoms with Gasteiger partial charge in [-0.25, -0.2) is 4.39 Å². The number of hydrogen-bond donors (Lipinski definition) is 1. The number of methoxy groups -OCH3 is 1. The first-order valence-electron chi connectivity index (χ1n) is 8.78. The molecule has 1 fully saturated rings. The number of amides is 1. The lowest BCUT2D eigenvalue weighted by atomic mass is 9.88. The van der Waals surface area contributed by atoms with Crippen molar-refractivity contribution in [1.29, 1.82) is 0 Å². The SMILES string of the molecule is COCCN(C)C[C@@H]1C[C@H](CO)CN(C(=O)c2ccc(C)c(F)c2)C1. The number of piperidine rings is 1. The predicted molar refractivity (Wildman–Crippen MR) is 95.1 cm³/mol. The van der Waals surface area contributed by atoms with Gasteiger partial charge in [-0.2, -0.15) is 0 Å². The number of likely N-dealkylation sites (tertiary alicyclic amines) is 1. The molecule has 0 unspecified atom stereocenters. The number of hydrogen-bond acceptors (Lipinski definition) is 4. The number of aryl methyl sites for hydroxylation is 1. The van der Waals surface area contributed by atoms with Gasteiger partial charge in [0.15, 0.2) is 0 Å². The summed E-state index contributed by atoms with van der Waals surface area (Å²) in [6, 6.07) is 4.61. The second-order valence-electron chi connectivity index (χ2n) is 7.08. The maximum absolute atomic E-state index is 13.8. The summed E-state index contributed by atoms with van der Waals surface area (Å²) in [7, 11) is 3.71. The first kappa shape index (κ1) is 19.8. The Labute approximate surface area is 149 Å². The molecule has 1 N–H and O–H groups in total. The molecule has 5 nitrogen and oxygen atoms in total. The van der Waals surface area contributed by atoms with Gasteiger partial charge < -0.3 is 19.6 Å². The lowest BCUT2D eigenvalue weighted by Gasteiger charge is -2.38. The zero-order chi connectivity index (χ0) is 18.4. The number of carbonyl (C=O) groups is 1. The first-order chi connectivity index (χ1) is 11.9. The van der Waals surface area contributed by atoms with Crippen molar-refractivity contribution in [1.82, 2.24) is 9.80 Å². The number of benzene rings is 1. The van der Waals surface area contributed by atoms with Gasteiger partial charge in [0.05, 0.1) is 6.61 Å². The molecule has 6 heteroatoms. The Kier molecular flexibility index (Phi) is 7.35. The average molecular weight is 352 g/mol. The minimum Gasteiger partial charge on any atom is -0.396 e. The highest BCUT2D eigenvalue weighted by atomic mass is 19.1. The summed E-state index contributed by atoms with van der Waals surface area (Å²) >= 11 is 0. The molecule has 0 radical (unpaired) electrons. The van der Waals surface area contributed by atoms with E-state index in [1.54, 1.807) is 31.1 Å². The third-order valence-electron chi connectivity index (χ3n) is 4.84. The number of halogens is 1. The second-order valence-corrected chi connectivity index (χ2v) is 7.08. The average Bonchev–Trinajstić information content (AvgIpc) is 2.61. The molecule has 1 aliphatic heterocycles. The van der Waals surface area contributed by atoms with Gasteiger partial charge in [0.2, 0.25) is 0 Å². The van der Waals surface area contributed by atoms with Gasteiger partial charge in [-0.3, -0.25) is 4.79 Å². The highest BCUT2D eigenvalue weighted by molar-refractivity contribution is 5.94. The third kappa shape index (κ3) is 5.49. The van der Waals surface area contributed by atoms with E-state index in [0.717, 1.165) is 19.5 Å². The Morgan fingerprint density at radius 3 is 2.76 bits per heavy atom. The number of carbonyl (C=O) groups excluding carboxylic acids is 1. The van der Waals surface area contributed by atoms with Crippen LogP contribution in [0.2, 0.25) is 0 Å². The monoisotopic (exact) mass is 352 g/mol. The van der Waals surface area contributed by atoms with Crippen molar-refractivity contribution >= 4 is 5.91 Å². The lowest BCUT2D eigenvalue weighted by molar-refractivity contribution is 0.0450. The molecule has 25 heavy (non-hydrogen) atoms. The zero-order valence-electron chi connectivity index (χ0n) is 15.4. The van der Waals surface area contributed by atoms with Gasteiger partial charge in [0.25, 0.3) is 5.91 Å². The summed E-state index contributed by atoms with van der Waals surface area (Å²) in [6.07, 6.45) is 0.889. The standard InChI is InChI=1S/C19H29FN2O3/c1-14-4-5-17(9-18(14)20)19(24)22-11-15(8-16(12-22)13-23)10-21(2)6-7-25-3/h4-5,9,15-16,23H,6-8,10-13H2,1-3H3/t15-,16-/m0/s1. The van der Waals surface area contributed by atoms with Crippen LogP contribution in [0.25, 0.3) is 0 Å². The molecule has 2 rings (SSSR count). The van der Waals surface area contributed by atoms with Gasteiger partial charge in [-0.05, 0) is 49.9 Å². The van der Waals surface area contributed by atoms with E-state index in [0.29, 0.717) is 30.8 Å². The van der Waals surface area contributed by atoms with Gasteiger partial charge >= 0.3 is 0 Å². The first-order valence-corrected chi connectivity index (χ1v) is 8.78. The molecule has 2 atom stereocenters. The van der Waals surface area contributed by atoms with E-state index in [-0.39, 0.29) is 30.2 Å². The molecule has 1 saturated heterocycles. The fraction of sp³-hybridized carbons (Fsp3) is 0.632. The van der Waals surface area contributed by atoms with Gasteiger partial charge in [-0.1, -0.05) is 6.07 Å². The Morgan fingerprint density at radius 2 is 2.12 bits per heavy atom. The van der Waals surface area contributed by atoms with Crippen LogP contribution in [0.3, 0.4) is 0 Å². The third-order valence-corrected chi connectivity index (χ3v) is 4.84. The maximum Gasteiger partial charge on any atom is 0.253 e. The van der Waals surface area contributed by atoms with Gasteiger partial charge in [-0.15, -0.1) is 0 Å². The summed E-state index contributed by atoms with van der Waals surface area (Å²) < 4.78 is 18.9. The van der Waals surface area contributed by atoms with E-state index in [1.807, 2.05) is 7.05 Å². The van der Waals surface area contributed by atoms with Gasteiger partial charge in [0, 0.05) is 45.5 Å². The van der Waals surface area contributed by atoms with Crippen LogP contribution >= 0.6 is 0 Å². The molecular weight excluding hydrogens is 323 g/mol. The van der Waals surface area contributed by atoms with Crippen molar-refractivity contribution < 1.29 is 19.0 Å². The molecule has 1 aromatic carbocycles. The van der Waals surface area contributed by atoms with E-state index in [9.17, 15) is 14.3 Å². The Balaban J connectivity index is 2.05. The van der Waals surface area contributed by atoms with Crippen molar-refractivity contribution in [2.45, 2.75) is 13.3 Å². The van der Waals surface area contributed by atoms with E-state index in [1.165, 1.54) is 6.07 Å². The predicted octanol–water partition coefficient (Wildman–Crippen LogP) is 1.78. The van der Waals surface area contributed by atoms with Crippen molar-refractivity contribution in [2.75, 3.05) is 53.6 Å². The van der Waals surface area contributed by atoms with E-state index < -0.39 is 0 Å². The largest absolute Gasteiger partial charge is 0.396 e. The second kappa shape index (κ2) is 9.27. The topological polar surface area (TPSA) is 53.0 Å². The Morgan fingerprint density at radius 1 is 1.40 bits per heavy atom. The van der Waals surface area contributed by atoms with E-state index in [2.05, 4.69) is 4.90 Å². The highest BCUT2D eigenvalue weighted by Gasteiger charge is 2.30. The number of nitrogens with zero attached hydrogens (tertiary/aromatic N) is 2. The van der Waals surface area contributed by atoms with Crippen LogP contribution < -0.4 is 0 Å². The minimum absolute atomic E-state index is 0.0598. The molecule has 1 aromatic rings. The molecule has 0 spiro atoms. The summed E-state index contributed by atoms with van der Waals surface area (Å²) in [4.78, 5) is 16.7. The molecule has 140 valence electrons. The molecule has 1 amide bonds. The summed E-state index contributed by atoms with van der Waals surface area (Å²) in [6.45, 7) is 5.21. The minimum atomic E-state index is -0.364. The van der Waals surface area contributed by atoms with Crippen LogP contribution in [0.5, 0.6) is 0 Å². The van der Waals surface area contributed by atoms with Crippen molar-refractivity contribution in [2.24, 2.45) is 11.8 Å². The van der Waals surface area contributed by atoms with Crippen LogP contribution in [0.4, 0.5) is 4.39 Å². The molecule has 1 heterocycles. The zero-order valence-corrected chi connectivity index (χ0v) is 15.4. The molecule has 0 aromatic heterocycles. The molecular formula is C19H29FN2O3. The number of aliphatic hydroxyl groups excluding tert-OH is 1. The quantitative estimate of drug-likeness (QED) is 0.813. The Bertz CT molecular complexity index is 582. The smallest absolute Gasteiger partial charge is 0.253 e. The fourth-order valence-corrected chi connectivity index (χ4v) is 3.44. The molecule has 0 bridgehead atoms. The molecule has 0 aliphatic carbocycles. The highest BCUT2D eigenvalue weighted by Crippen LogP contribution is 2.24. The van der Waals surface area contributed by atoms with Crippen LogP contribution in [-0.2, 0) is 4.74 Å². The van der Waals surface area contributed by atoms with Crippen LogP contribution in [0.15, 0.2) is 18.2 Å². The van der Waals surface area contributed by atoms with Crippen LogP contribution in [0.1, 0.15) is 22.3 Å². The van der Waals surface area contributed by atoms with Crippen LogP contribution in [0, 0.1) is 24.6 Å². The Hall–Kier alpha value is -1.50. The molecule has 1 aliphatic rings. The van der Waals surface area contributed by atoms with E-state index in [4.69, 9.17) is 4.74 Å². The number of ether oxygens (including phenoxy) is 1. The van der Waals surface area contributed by atoms with Crippen molar-refractivity contribution in [3.05, 3.63) is 35.1 Å². The van der Waals surface area contributed by atoms with E-state index >= 15 is 0 Å². The normalized spacial score (nSPS) is 21.0. The number of likely N-dealkylation sites (N-methyl/N-ethyl adjacent to an activating group) is 1. The van der Waals surface area contributed by atoms with Crippen molar-refractivity contribution in [3.8, 4) is 0 Å². The van der Waals surface area contributed by atoms with Crippen LogP contribution in [-0.4, -0.2) is 74.4 Å². The number of aliphatic hydroxyl groups is 1. The fourth-order valence-electron chi connectivity index (χ4n) is 3.44. The summed E-state index contributed by atoms with van der Waals surface area (Å²) in [5.41, 5.74) is 0.897. The maximum atomic E-state index is 13.8. The summed E-state index contributed by atoms with van der Waals surface area (Å²) in [5.74, 6) is -0.181. The summed E-state index contributed by atoms with van der Waals surface area (Å²) in [5, 5.41) is 9.60. The lowest BCUT2D eigenvalue weighted by Crippen LogP contribution is -2.47. The van der Waals surface area contributed by atoms with Gasteiger partial charge in [0.1, 0.15) is 5.82 Å². The number of rotatable bonds is 7. The van der Waals surface area contributed by atoms with Crippen molar-refractivity contribution in [3.63, 3.8) is 0 Å². The molecule has 0 saturated carbocycles.